The Bertz CT molecular complexity index is 502. The first-order valence-electron chi connectivity index (χ1n) is 6.79. The summed E-state index contributed by atoms with van der Waals surface area (Å²) in [5.41, 5.74) is 0.0456. The van der Waals surface area contributed by atoms with Crippen molar-refractivity contribution < 1.29 is 14.6 Å². The van der Waals surface area contributed by atoms with Gasteiger partial charge in [0.15, 0.2) is 0 Å². The minimum Gasteiger partial charge on any atom is -0.497 e. The Balaban J connectivity index is 1.88. The monoisotopic (exact) mass is 261 g/mol. The minimum absolute atomic E-state index is 0.251. The van der Waals surface area contributed by atoms with E-state index in [-0.39, 0.29) is 5.92 Å². The number of carbonyl (C=O) groups is 1. The summed E-state index contributed by atoms with van der Waals surface area (Å²) in [5, 5.41) is 13.0. The Morgan fingerprint density at radius 1 is 1.47 bits per heavy atom. The van der Waals surface area contributed by atoms with Crippen LogP contribution in [0.4, 0.5) is 5.69 Å². The fourth-order valence-corrected chi connectivity index (χ4v) is 3.76. The Morgan fingerprint density at radius 3 is 2.89 bits per heavy atom. The number of benzene rings is 1. The van der Waals surface area contributed by atoms with Crippen molar-refractivity contribution in [1.82, 2.24) is 0 Å². The molecule has 1 aromatic rings. The molecular weight excluding hydrogens is 242 g/mol. The van der Waals surface area contributed by atoms with E-state index in [1.165, 1.54) is 6.42 Å². The van der Waals surface area contributed by atoms with E-state index in [2.05, 4.69) is 5.32 Å². The number of methoxy groups -OCH3 is 1. The van der Waals surface area contributed by atoms with Crippen LogP contribution in [0.15, 0.2) is 24.3 Å². The predicted octanol–water partition coefficient (Wildman–Crippen LogP) is 2.75. The molecular formula is C15H19NO3. The number of hydrogen-bond donors (Lipinski definition) is 2. The lowest BCUT2D eigenvalue weighted by molar-refractivity contribution is -0.144. The SMILES string of the molecule is COc1cccc(NC2(C(=O)O)CC3CCC2C3)c1. The van der Waals surface area contributed by atoms with Crippen molar-refractivity contribution in [3.05, 3.63) is 24.3 Å². The lowest BCUT2D eigenvalue weighted by atomic mass is 9.80. The molecule has 2 bridgehead atoms. The quantitative estimate of drug-likeness (QED) is 0.875. The third-order valence-corrected chi connectivity index (χ3v) is 4.67. The summed E-state index contributed by atoms with van der Waals surface area (Å²) in [5.74, 6) is 0.844. The molecule has 2 saturated carbocycles. The van der Waals surface area contributed by atoms with Crippen molar-refractivity contribution in [3.8, 4) is 5.75 Å². The summed E-state index contributed by atoms with van der Waals surface area (Å²) in [6.45, 7) is 0. The van der Waals surface area contributed by atoms with Gasteiger partial charge in [-0.15, -0.1) is 0 Å². The maximum absolute atomic E-state index is 11.8. The highest BCUT2D eigenvalue weighted by atomic mass is 16.5. The van der Waals surface area contributed by atoms with E-state index >= 15 is 0 Å². The van der Waals surface area contributed by atoms with Crippen molar-refractivity contribution in [2.24, 2.45) is 11.8 Å². The Hall–Kier alpha value is -1.71. The molecule has 0 aromatic heterocycles. The van der Waals surface area contributed by atoms with E-state index in [1.807, 2.05) is 24.3 Å². The second kappa shape index (κ2) is 4.44. The summed E-state index contributed by atoms with van der Waals surface area (Å²) in [6, 6.07) is 7.50. The van der Waals surface area contributed by atoms with Gasteiger partial charge in [-0.05, 0) is 49.7 Å². The Kier molecular flexibility index (Phi) is 2.88. The third kappa shape index (κ3) is 1.95. The van der Waals surface area contributed by atoms with Gasteiger partial charge in [-0.1, -0.05) is 6.07 Å². The van der Waals surface area contributed by atoms with Crippen LogP contribution in [0.5, 0.6) is 5.75 Å². The first-order chi connectivity index (χ1) is 9.14. The first kappa shape index (κ1) is 12.3. The number of ether oxygens (including phenoxy) is 1. The lowest BCUT2D eigenvalue weighted by Crippen LogP contribution is -2.50. The average molecular weight is 261 g/mol. The van der Waals surface area contributed by atoms with Gasteiger partial charge in [0.2, 0.25) is 0 Å². The molecule has 3 unspecified atom stereocenters. The number of carboxylic acids is 1. The van der Waals surface area contributed by atoms with E-state index in [9.17, 15) is 9.90 Å². The number of carboxylic acid groups (broad SMARTS) is 1. The van der Waals surface area contributed by atoms with Gasteiger partial charge in [-0.3, -0.25) is 0 Å². The predicted molar refractivity (Wildman–Crippen MR) is 72.4 cm³/mol. The second-order valence-electron chi connectivity index (χ2n) is 5.71. The van der Waals surface area contributed by atoms with Crippen molar-refractivity contribution in [2.75, 3.05) is 12.4 Å². The molecule has 3 rings (SSSR count). The molecule has 19 heavy (non-hydrogen) atoms. The van der Waals surface area contributed by atoms with Crippen LogP contribution in [-0.2, 0) is 4.79 Å². The average Bonchev–Trinajstić information content (AvgIpc) is 3.00. The van der Waals surface area contributed by atoms with Gasteiger partial charge in [-0.25, -0.2) is 4.79 Å². The largest absolute Gasteiger partial charge is 0.497 e. The number of hydrogen-bond acceptors (Lipinski definition) is 3. The summed E-state index contributed by atoms with van der Waals surface area (Å²) in [6.07, 6.45) is 3.99. The van der Waals surface area contributed by atoms with Crippen LogP contribution >= 0.6 is 0 Å². The van der Waals surface area contributed by atoms with Crippen LogP contribution in [0.3, 0.4) is 0 Å². The summed E-state index contributed by atoms with van der Waals surface area (Å²) in [4.78, 5) is 11.8. The maximum atomic E-state index is 11.8. The highest BCUT2D eigenvalue weighted by Gasteiger charge is 2.56. The van der Waals surface area contributed by atoms with Gasteiger partial charge in [-0.2, -0.15) is 0 Å². The molecule has 4 heteroatoms. The molecule has 2 aliphatic rings. The molecule has 0 heterocycles. The second-order valence-corrected chi connectivity index (χ2v) is 5.71. The van der Waals surface area contributed by atoms with Crippen molar-refractivity contribution in [3.63, 3.8) is 0 Å². The van der Waals surface area contributed by atoms with E-state index in [0.29, 0.717) is 5.92 Å². The molecule has 3 atom stereocenters. The molecule has 2 aliphatic carbocycles. The van der Waals surface area contributed by atoms with Gasteiger partial charge < -0.3 is 15.2 Å². The number of fused-ring (bicyclic) bond motifs is 2. The van der Waals surface area contributed by atoms with Crippen LogP contribution in [0.2, 0.25) is 0 Å². The summed E-state index contributed by atoms with van der Waals surface area (Å²) in [7, 11) is 1.61. The zero-order valence-electron chi connectivity index (χ0n) is 11.1. The highest BCUT2D eigenvalue weighted by Crippen LogP contribution is 2.52. The molecule has 0 saturated heterocycles. The first-order valence-corrected chi connectivity index (χ1v) is 6.79. The molecule has 1 aromatic carbocycles. The number of nitrogens with one attached hydrogen (secondary N) is 1. The third-order valence-electron chi connectivity index (χ3n) is 4.67. The van der Waals surface area contributed by atoms with E-state index in [4.69, 9.17) is 4.74 Å². The van der Waals surface area contributed by atoms with E-state index in [0.717, 1.165) is 30.7 Å². The zero-order chi connectivity index (χ0) is 13.5. The molecule has 102 valence electrons. The van der Waals surface area contributed by atoms with Gasteiger partial charge in [0, 0.05) is 11.8 Å². The van der Waals surface area contributed by atoms with E-state index < -0.39 is 11.5 Å². The maximum Gasteiger partial charge on any atom is 0.329 e. The fourth-order valence-electron chi connectivity index (χ4n) is 3.76. The smallest absolute Gasteiger partial charge is 0.329 e. The molecule has 2 fully saturated rings. The number of anilines is 1. The molecule has 0 amide bonds. The molecule has 2 N–H and O–H groups in total. The van der Waals surface area contributed by atoms with Crippen LogP contribution < -0.4 is 10.1 Å². The standard InChI is InChI=1S/C15H19NO3/c1-19-13-4-2-3-12(8-13)16-15(14(17)18)9-10-5-6-11(15)7-10/h2-4,8,10-11,16H,5-7,9H2,1H3,(H,17,18). The van der Waals surface area contributed by atoms with E-state index in [1.54, 1.807) is 7.11 Å². The summed E-state index contributed by atoms with van der Waals surface area (Å²) >= 11 is 0. The van der Waals surface area contributed by atoms with Crippen molar-refractivity contribution in [2.45, 2.75) is 31.2 Å². The molecule has 0 spiro atoms. The van der Waals surface area contributed by atoms with Crippen LogP contribution in [0, 0.1) is 11.8 Å². The van der Waals surface area contributed by atoms with Crippen LogP contribution in [-0.4, -0.2) is 23.7 Å². The fraction of sp³-hybridized carbons (Fsp3) is 0.533. The molecule has 4 nitrogen and oxygen atoms in total. The topological polar surface area (TPSA) is 58.6 Å². The number of aliphatic carboxylic acids is 1. The minimum atomic E-state index is -0.782. The Morgan fingerprint density at radius 2 is 2.32 bits per heavy atom. The summed E-state index contributed by atoms with van der Waals surface area (Å²) < 4.78 is 5.19. The van der Waals surface area contributed by atoms with Crippen LogP contribution in [0.1, 0.15) is 25.7 Å². The molecule has 0 aliphatic heterocycles. The number of rotatable bonds is 4. The van der Waals surface area contributed by atoms with Gasteiger partial charge in [0.05, 0.1) is 7.11 Å². The van der Waals surface area contributed by atoms with Gasteiger partial charge in [0.25, 0.3) is 0 Å². The van der Waals surface area contributed by atoms with Gasteiger partial charge >= 0.3 is 5.97 Å². The lowest BCUT2D eigenvalue weighted by Gasteiger charge is -2.35. The van der Waals surface area contributed by atoms with Gasteiger partial charge in [0.1, 0.15) is 11.3 Å². The van der Waals surface area contributed by atoms with Crippen LogP contribution in [0.25, 0.3) is 0 Å². The Labute approximate surface area is 112 Å². The zero-order valence-corrected chi connectivity index (χ0v) is 11.1. The highest BCUT2D eigenvalue weighted by molar-refractivity contribution is 5.84. The van der Waals surface area contributed by atoms with Crippen molar-refractivity contribution in [1.29, 1.82) is 0 Å². The molecule has 0 radical (unpaired) electrons. The van der Waals surface area contributed by atoms with Crippen molar-refractivity contribution >= 4 is 11.7 Å². The normalized spacial score (nSPS) is 32.3.